The Bertz CT molecular complexity index is 1120. The first kappa shape index (κ1) is 23.7. The van der Waals surface area contributed by atoms with Gasteiger partial charge in [-0.15, -0.1) is 0 Å². The highest BCUT2D eigenvalue weighted by molar-refractivity contribution is 5.95. The van der Waals surface area contributed by atoms with E-state index < -0.39 is 0 Å². The number of benzene rings is 2. The Labute approximate surface area is 207 Å². The zero-order valence-corrected chi connectivity index (χ0v) is 20.6. The van der Waals surface area contributed by atoms with Crippen LogP contribution in [0, 0.1) is 17.8 Å². The monoisotopic (exact) mass is 474 g/mol. The van der Waals surface area contributed by atoms with Crippen molar-refractivity contribution >= 4 is 5.91 Å². The van der Waals surface area contributed by atoms with Crippen LogP contribution in [0.4, 0.5) is 0 Å². The fourth-order valence-electron chi connectivity index (χ4n) is 5.48. The molecule has 184 valence electrons. The molecule has 3 aliphatic rings. The summed E-state index contributed by atoms with van der Waals surface area (Å²) < 4.78 is 10.9. The van der Waals surface area contributed by atoms with Gasteiger partial charge in [-0.2, -0.15) is 0 Å². The summed E-state index contributed by atoms with van der Waals surface area (Å²) in [6.45, 7) is 6.99. The van der Waals surface area contributed by atoms with Crippen LogP contribution in [0.5, 0.6) is 11.5 Å². The van der Waals surface area contributed by atoms with E-state index in [0.29, 0.717) is 29.5 Å². The molecule has 3 aliphatic heterocycles. The van der Waals surface area contributed by atoms with Crippen molar-refractivity contribution in [1.82, 2.24) is 9.80 Å². The van der Waals surface area contributed by atoms with Crippen LogP contribution in [0.25, 0.3) is 0 Å². The van der Waals surface area contributed by atoms with Gasteiger partial charge in [0.25, 0.3) is 5.91 Å². The third kappa shape index (κ3) is 4.89. The molecule has 1 amide bonds. The molecule has 0 spiro atoms. The fraction of sp³-hybridized carbons (Fsp3) is 0.483. The maximum atomic E-state index is 13.5. The summed E-state index contributed by atoms with van der Waals surface area (Å²) in [5, 5.41) is 10.2. The highest BCUT2D eigenvalue weighted by Crippen LogP contribution is 2.42. The van der Waals surface area contributed by atoms with Crippen LogP contribution in [0.2, 0.25) is 0 Å². The number of rotatable bonds is 4. The molecule has 0 radical (unpaired) electrons. The summed E-state index contributed by atoms with van der Waals surface area (Å²) in [5.74, 6) is 8.58. The second kappa shape index (κ2) is 10.3. The average Bonchev–Trinajstić information content (AvgIpc) is 3.31. The molecule has 0 bridgehead atoms. The molecule has 2 fully saturated rings. The Hall–Kier alpha value is -3.01. The summed E-state index contributed by atoms with van der Waals surface area (Å²) in [7, 11) is 0. The normalized spacial score (nSPS) is 23.5. The summed E-state index contributed by atoms with van der Waals surface area (Å²) in [5.41, 5.74) is 2.85. The van der Waals surface area contributed by atoms with Crippen molar-refractivity contribution in [2.75, 3.05) is 33.0 Å². The van der Waals surface area contributed by atoms with E-state index in [9.17, 15) is 9.90 Å². The number of nitrogens with zero attached hydrogens (tertiary/aromatic N) is 2. The maximum absolute atomic E-state index is 13.5. The second-order valence-electron chi connectivity index (χ2n) is 10.1. The molecule has 3 atom stereocenters. The average molecular weight is 475 g/mol. The van der Waals surface area contributed by atoms with E-state index in [-0.39, 0.29) is 37.3 Å². The van der Waals surface area contributed by atoms with Crippen molar-refractivity contribution in [3.05, 3.63) is 59.2 Å². The number of fused-ring (bicyclic) bond motifs is 2. The van der Waals surface area contributed by atoms with E-state index in [4.69, 9.17) is 9.47 Å². The topological polar surface area (TPSA) is 62.2 Å². The molecule has 6 nitrogen and oxygen atoms in total. The Morgan fingerprint density at radius 2 is 1.86 bits per heavy atom. The molecule has 0 saturated carbocycles. The quantitative estimate of drug-likeness (QED) is 0.682. The van der Waals surface area contributed by atoms with Crippen LogP contribution in [-0.2, 0) is 0 Å². The molecule has 2 aromatic carbocycles. The third-order valence-electron chi connectivity index (χ3n) is 7.32. The lowest BCUT2D eigenvalue weighted by atomic mass is 9.74. The van der Waals surface area contributed by atoms with Crippen LogP contribution in [0.3, 0.4) is 0 Å². The lowest BCUT2D eigenvalue weighted by Crippen LogP contribution is -2.67. The molecule has 1 N–H and O–H groups in total. The maximum Gasteiger partial charge on any atom is 0.254 e. The Morgan fingerprint density at radius 1 is 1.09 bits per heavy atom. The number of ether oxygens (including phenoxy) is 2. The van der Waals surface area contributed by atoms with Gasteiger partial charge < -0.3 is 19.5 Å². The zero-order valence-electron chi connectivity index (χ0n) is 20.6. The van der Waals surface area contributed by atoms with E-state index in [0.717, 1.165) is 37.9 Å². The summed E-state index contributed by atoms with van der Waals surface area (Å²) in [6.07, 6.45) is 2.85. The van der Waals surface area contributed by atoms with Gasteiger partial charge in [-0.05, 0) is 61.2 Å². The van der Waals surface area contributed by atoms with Gasteiger partial charge in [0.15, 0.2) is 11.5 Å². The summed E-state index contributed by atoms with van der Waals surface area (Å²) in [4.78, 5) is 17.8. The van der Waals surface area contributed by atoms with Crippen LogP contribution >= 0.6 is 0 Å². The van der Waals surface area contributed by atoms with Crippen molar-refractivity contribution in [3.8, 4) is 23.3 Å². The molecule has 2 saturated heterocycles. The second-order valence-corrected chi connectivity index (χ2v) is 10.1. The van der Waals surface area contributed by atoms with E-state index in [2.05, 4.69) is 54.9 Å². The van der Waals surface area contributed by atoms with Crippen LogP contribution in [0.15, 0.2) is 42.5 Å². The van der Waals surface area contributed by atoms with Gasteiger partial charge >= 0.3 is 0 Å². The number of hydrogen-bond donors (Lipinski definition) is 1. The highest BCUT2D eigenvalue weighted by Gasteiger charge is 2.49. The number of aliphatic hydroxyl groups is 1. The zero-order chi connectivity index (χ0) is 24.4. The molecular weight excluding hydrogens is 440 g/mol. The summed E-state index contributed by atoms with van der Waals surface area (Å²) >= 11 is 0. The Balaban J connectivity index is 1.34. The van der Waals surface area contributed by atoms with Crippen LogP contribution < -0.4 is 9.47 Å². The Morgan fingerprint density at radius 3 is 2.63 bits per heavy atom. The van der Waals surface area contributed by atoms with Crippen LogP contribution in [-0.4, -0.2) is 65.9 Å². The smallest absolute Gasteiger partial charge is 0.254 e. The predicted octanol–water partition coefficient (Wildman–Crippen LogP) is 3.88. The largest absolute Gasteiger partial charge is 0.454 e. The van der Waals surface area contributed by atoms with Crippen molar-refractivity contribution < 1.29 is 19.4 Å². The molecule has 6 heteroatoms. The molecule has 0 unspecified atom stereocenters. The lowest BCUT2D eigenvalue weighted by Gasteiger charge is -2.57. The first-order chi connectivity index (χ1) is 17.0. The van der Waals surface area contributed by atoms with Crippen molar-refractivity contribution in [2.45, 2.75) is 51.1 Å². The van der Waals surface area contributed by atoms with Crippen molar-refractivity contribution in [3.63, 3.8) is 0 Å². The van der Waals surface area contributed by atoms with Crippen molar-refractivity contribution in [2.24, 2.45) is 5.92 Å². The standard InChI is InChI=1S/C29H34N2O4/c1-20(2)6-5-7-21-8-10-22(11-9-21)28-24-17-30(14-3-4-15-31(24)25(28)18-32)29(33)23-12-13-26-27(16-23)35-19-34-26/h8-13,16,20,24-25,28,32H,3-4,6,14-15,17-19H2,1-2H3/t24-,25-,28+/m1/s1. The molecule has 2 aromatic rings. The van der Waals surface area contributed by atoms with E-state index >= 15 is 0 Å². The van der Waals surface area contributed by atoms with Gasteiger partial charge in [-0.3, -0.25) is 9.69 Å². The number of hydrogen-bond acceptors (Lipinski definition) is 5. The first-order valence-electron chi connectivity index (χ1n) is 12.7. The molecule has 5 rings (SSSR count). The third-order valence-corrected chi connectivity index (χ3v) is 7.32. The van der Waals surface area contributed by atoms with Gasteiger partial charge in [0, 0.05) is 48.6 Å². The minimum atomic E-state index is 0.0205. The Kier molecular flexibility index (Phi) is 6.99. The molecule has 35 heavy (non-hydrogen) atoms. The minimum absolute atomic E-state index is 0.0205. The molecule has 0 aliphatic carbocycles. The summed E-state index contributed by atoms with van der Waals surface area (Å²) in [6, 6.07) is 14.1. The van der Waals surface area contributed by atoms with E-state index in [1.54, 1.807) is 6.07 Å². The number of amides is 1. The minimum Gasteiger partial charge on any atom is -0.454 e. The van der Waals surface area contributed by atoms with Gasteiger partial charge in [0.2, 0.25) is 6.79 Å². The molecule has 3 heterocycles. The van der Waals surface area contributed by atoms with E-state index in [1.807, 2.05) is 17.0 Å². The highest BCUT2D eigenvalue weighted by atomic mass is 16.7. The first-order valence-corrected chi connectivity index (χ1v) is 12.7. The van der Waals surface area contributed by atoms with Crippen LogP contribution in [0.1, 0.15) is 60.5 Å². The number of carbonyl (C=O) groups excluding carboxylic acids is 1. The fourth-order valence-corrected chi connectivity index (χ4v) is 5.48. The van der Waals surface area contributed by atoms with Gasteiger partial charge in [0.1, 0.15) is 0 Å². The predicted molar refractivity (Wildman–Crippen MR) is 135 cm³/mol. The van der Waals surface area contributed by atoms with Crippen molar-refractivity contribution in [1.29, 1.82) is 0 Å². The molecule has 0 aromatic heterocycles. The van der Waals surface area contributed by atoms with Gasteiger partial charge in [0.05, 0.1) is 6.61 Å². The molecular formula is C29H34N2O4. The van der Waals surface area contributed by atoms with Gasteiger partial charge in [-0.1, -0.05) is 37.8 Å². The number of aliphatic hydroxyl groups excluding tert-OH is 1. The SMILES string of the molecule is CC(C)CC#Cc1ccc([C@@H]2[C@@H](CO)N3CCCCN(C(=O)c4ccc5c(c4)OCO5)C[C@H]23)cc1. The van der Waals surface area contributed by atoms with Gasteiger partial charge in [-0.25, -0.2) is 0 Å². The van der Waals surface area contributed by atoms with E-state index in [1.165, 1.54) is 5.56 Å². The number of carbonyl (C=O) groups is 1. The lowest BCUT2D eigenvalue weighted by molar-refractivity contribution is -0.0606.